The van der Waals surface area contributed by atoms with Crippen LogP contribution in [0.1, 0.15) is 30.3 Å². The van der Waals surface area contributed by atoms with E-state index in [0.717, 1.165) is 32.0 Å². The normalized spacial score (nSPS) is 14.3. The molecule has 1 aromatic heterocycles. The van der Waals surface area contributed by atoms with E-state index < -0.39 is 5.97 Å². The summed E-state index contributed by atoms with van der Waals surface area (Å²) >= 11 is 6.50. The van der Waals surface area contributed by atoms with E-state index >= 15 is 0 Å². The second-order valence-corrected chi connectivity index (χ2v) is 5.93. The van der Waals surface area contributed by atoms with Crippen LogP contribution in [0.15, 0.2) is 26.4 Å². The lowest BCUT2D eigenvalue weighted by Gasteiger charge is -2.16. The largest absolute Gasteiger partial charge is 0.460 e. The second kappa shape index (κ2) is 6.90. The Morgan fingerprint density at radius 1 is 1.50 bits per heavy atom. The topological polar surface area (TPSA) is 59.8 Å². The molecule has 5 nitrogen and oxygen atoms in total. The van der Waals surface area contributed by atoms with Crippen LogP contribution in [-0.2, 0) is 4.74 Å². The molecule has 0 atom stereocenters. The van der Waals surface area contributed by atoms with E-state index in [-0.39, 0.29) is 17.8 Å². The van der Waals surface area contributed by atoms with Crippen molar-refractivity contribution in [1.82, 2.24) is 4.90 Å². The molecule has 1 aromatic rings. The fourth-order valence-corrected chi connectivity index (χ4v) is 3.05. The van der Waals surface area contributed by atoms with Gasteiger partial charge in [0, 0.05) is 19.2 Å². The van der Waals surface area contributed by atoms with Crippen LogP contribution >= 0.6 is 24.0 Å². The highest BCUT2D eigenvalue weighted by Crippen LogP contribution is 2.22. The summed E-state index contributed by atoms with van der Waals surface area (Å²) in [5, 5.41) is 0. The summed E-state index contributed by atoms with van der Waals surface area (Å²) in [6, 6.07) is 1.15. The van der Waals surface area contributed by atoms with Gasteiger partial charge in [-0.1, -0.05) is 24.0 Å². The van der Waals surface area contributed by atoms with Gasteiger partial charge >= 0.3 is 5.97 Å². The number of nitrogens with zero attached hydrogens (tertiary/aromatic N) is 1. The predicted molar refractivity (Wildman–Crippen MR) is 80.2 cm³/mol. The second-order valence-electron chi connectivity index (χ2n) is 4.26. The average molecular weight is 313 g/mol. The van der Waals surface area contributed by atoms with Crippen LogP contribution in [-0.4, -0.2) is 34.9 Å². The molecule has 0 aliphatic carbocycles. The van der Waals surface area contributed by atoms with Crippen LogP contribution in [0.25, 0.3) is 0 Å². The van der Waals surface area contributed by atoms with E-state index in [4.69, 9.17) is 21.4 Å². The van der Waals surface area contributed by atoms with Gasteiger partial charge in [0.05, 0.1) is 11.5 Å². The molecule has 1 aliphatic rings. The fraction of sp³-hybridized carbons (Fsp3) is 0.462. The maximum absolute atomic E-state index is 11.9. The molecule has 0 spiro atoms. The van der Waals surface area contributed by atoms with Crippen molar-refractivity contribution in [3.05, 3.63) is 28.3 Å². The van der Waals surface area contributed by atoms with Crippen molar-refractivity contribution in [3.8, 4) is 0 Å². The quantitative estimate of drug-likeness (QED) is 0.482. The molecule has 7 heteroatoms. The van der Waals surface area contributed by atoms with Gasteiger partial charge in [0.1, 0.15) is 10.6 Å². The zero-order valence-corrected chi connectivity index (χ0v) is 12.7. The first kappa shape index (κ1) is 15.1. The van der Waals surface area contributed by atoms with Crippen LogP contribution in [0.4, 0.5) is 0 Å². The molecule has 1 aliphatic heterocycles. The first-order valence-corrected chi connectivity index (χ1v) is 7.61. The summed E-state index contributed by atoms with van der Waals surface area (Å²) in [6.07, 6.45) is 3.51. The minimum atomic E-state index is -0.636. The molecule has 0 N–H and O–H groups in total. The number of likely N-dealkylation sites (tertiary alicyclic amines) is 1. The number of carbonyl (C=O) groups excluding carboxylic acids is 1. The maximum Gasteiger partial charge on any atom is 0.374 e. The SMILES string of the molecule is CCOC(=O)c1cc(=O)c(SC(=S)N2CCCC2)co1. The lowest BCUT2D eigenvalue weighted by molar-refractivity contribution is 0.0486. The van der Waals surface area contributed by atoms with Crippen molar-refractivity contribution in [2.45, 2.75) is 24.7 Å². The highest BCUT2D eigenvalue weighted by Gasteiger charge is 2.18. The Bertz CT molecular complexity index is 564. The lowest BCUT2D eigenvalue weighted by atomic mass is 10.4. The number of ether oxygens (including phenoxy) is 1. The number of rotatable bonds is 3. The molecular weight excluding hydrogens is 298 g/mol. The van der Waals surface area contributed by atoms with E-state index in [1.807, 2.05) is 0 Å². The van der Waals surface area contributed by atoms with Crippen molar-refractivity contribution in [1.29, 1.82) is 0 Å². The summed E-state index contributed by atoms with van der Waals surface area (Å²) in [5.41, 5.74) is -0.286. The van der Waals surface area contributed by atoms with Gasteiger partial charge in [-0.3, -0.25) is 4.79 Å². The minimum Gasteiger partial charge on any atom is -0.460 e. The zero-order valence-electron chi connectivity index (χ0n) is 11.1. The third-order valence-electron chi connectivity index (χ3n) is 2.84. The molecule has 0 amide bonds. The first-order chi connectivity index (χ1) is 9.61. The Morgan fingerprint density at radius 2 is 2.20 bits per heavy atom. The van der Waals surface area contributed by atoms with E-state index in [1.165, 1.54) is 18.0 Å². The molecule has 0 radical (unpaired) electrons. The number of esters is 1. The summed E-state index contributed by atoms with van der Waals surface area (Å²) in [7, 11) is 0. The maximum atomic E-state index is 11.9. The monoisotopic (exact) mass is 313 g/mol. The van der Waals surface area contributed by atoms with E-state index in [9.17, 15) is 9.59 Å². The highest BCUT2D eigenvalue weighted by molar-refractivity contribution is 8.22. The molecule has 0 unspecified atom stereocenters. The van der Waals surface area contributed by atoms with Gasteiger partial charge in [-0.2, -0.15) is 0 Å². The molecule has 1 saturated heterocycles. The highest BCUT2D eigenvalue weighted by atomic mass is 32.2. The van der Waals surface area contributed by atoms with Crippen molar-refractivity contribution in [3.63, 3.8) is 0 Å². The molecule has 2 heterocycles. The van der Waals surface area contributed by atoms with Gasteiger partial charge in [0.25, 0.3) is 0 Å². The summed E-state index contributed by atoms with van der Waals surface area (Å²) in [5.74, 6) is -0.725. The zero-order chi connectivity index (χ0) is 14.5. The predicted octanol–water partition coefficient (Wildman–Crippen LogP) is 2.29. The van der Waals surface area contributed by atoms with Crippen LogP contribution in [0.2, 0.25) is 0 Å². The Labute approximate surface area is 126 Å². The molecule has 0 saturated carbocycles. The standard InChI is InChI=1S/C13H15NO4S2/c1-2-17-12(16)10-7-9(15)11(8-18-10)20-13(19)14-5-3-4-6-14/h7-8H,2-6H2,1H3. The lowest BCUT2D eigenvalue weighted by Crippen LogP contribution is -2.24. The van der Waals surface area contributed by atoms with Gasteiger partial charge in [0.15, 0.2) is 5.43 Å². The van der Waals surface area contributed by atoms with Crippen molar-refractivity contribution in [2.24, 2.45) is 0 Å². The minimum absolute atomic E-state index is 0.0895. The van der Waals surface area contributed by atoms with Gasteiger partial charge in [-0.15, -0.1) is 0 Å². The number of hydrogen-bond donors (Lipinski definition) is 0. The number of hydrogen-bond acceptors (Lipinski definition) is 6. The van der Waals surface area contributed by atoms with Gasteiger partial charge in [-0.25, -0.2) is 4.79 Å². The third kappa shape index (κ3) is 3.61. The fourth-order valence-electron chi connectivity index (χ4n) is 1.84. The van der Waals surface area contributed by atoms with Crippen LogP contribution in [0, 0.1) is 0 Å². The van der Waals surface area contributed by atoms with Crippen LogP contribution in [0.5, 0.6) is 0 Å². The molecular formula is C13H15NO4S2. The van der Waals surface area contributed by atoms with E-state index in [0.29, 0.717) is 9.22 Å². The number of carbonyl (C=O) groups is 1. The van der Waals surface area contributed by atoms with E-state index in [1.54, 1.807) is 6.92 Å². The molecule has 108 valence electrons. The van der Waals surface area contributed by atoms with Crippen LogP contribution in [0.3, 0.4) is 0 Å². The molecule has 0 bridgehead atoms. The Balaban J connectivity index is 2.07. The van der Waals surface area contributed by atoms with E-state index in [2.05, 4.69) is 4.90 Å². The van der Waals surface area contributed by atoms with Crippen molar-refractivity contribution in [2.75, 3.05) is 19.7 Å². The van der Waals surface area contributed by atoms with Crippen molar-refractivity contribution >= 4 is 34.3 Å². The molecule has 1 fully saturated rings. The molecule has 2 rings (SSSR count). The Kier molecular flexibility index (Phi) is 5.19. The molecule has 0 aromatic carbocycles. The summed E-state index contributed by atoms with van der Waals surface area (Å²) in [6.45, 7) is 3.78. The third-order valence-corrected chi connectivity index (χ3v) is 4.29. The smallest absolute Gasteiger partial charge is 0.374 e. The van der Waals surface area contributed by atoms with Crippen molar-refractivity contribution < 1.29 is 13.9 Å². The summed E-state index contributed by atoms with van der Waals surface area (Å²) < 4.78 is 10.6. The molecule has 20 heavy (non-hydrogen) atoms. The average Bonchev–Trinajstić information content (AvgIpc) is 2.95. The van der Waals surface area contributed by atoms with Gasteiger partial charge in [-0.05, 0) is 19.8 Å². The number of thiocarbonyl (C=S) groups is 1. The number of thioether (sulfide) groups is 1. The van der Waals surface area contributed by atoms with Gasteiger partial charge in [0.2, 0.25) is 5.76 Å². The Hall–Kier alpha value is -1.34. The first-order valence-electron chi connectivity index (χ1n) is 6.38. The van der Waals surface area contributed by atoms with Gasteiger partial charge < -0.3 is 14.1 Å². The summed E-state index contributed by atoms with van der Waals surface area (Å²) in [4.78, 5) is 25.8. The Morgan fingerprint density at radius 3 is 2.80 bits per heavy atom. The van der Waals surface area contributed by atoms with Crippen LogP contribution < -0.4 is 5.43 Å².